The van der Waals surface area contributed by atoms with Gasteiger partial charge in [0.1, 0.15) is 0 Å². The highest BCUT2D eigenvalue weighted by Crippen LogP contribution is 2.48. The highest BCUT2D eigenvalue weighted by molar-refractivity contribution is 9.13. The maximum atomic E-state index is 6.12. The van der Waals surface area contributed by atoms with Crippen LogP contribution in [0.3, 0.4) is 0 Å². The summed E-state index contributed by atoms with van der Waals surface area (Å²) >= 11 is 14.2. The molecule has 0 N–H and O–H groups in total. The largest absolute Gasteiger partial charge is 0.967 e. The molecule has 144 valence electrons. The molecule has 0 aromatic heterocycles. The van der Waals surface area contributed by atoms with Crippen molar-refractivity contribution in [3.8, 4) is 23.0 Å². The highest BCUT2D eigenvalue weighted by Gasteiger charge is 2.66. The van der Waals surface area contributed by atoms with E-state index >= 15 is 0 Å². The Labute approximate surface area is 200 Å². The van der Waals surface area contributed by atoms with Gasteiger partial charge in [-0.25, -0.2) is 0 Å². The first-order chi connectivity index (χ1) is 13.9. The summed E-state index contributed by atoms with van der Waals surface area (Å²) in [6, 6.07) is 15.9. The van der Waals surface area contributed by atoms with Gasteiger partial charge in [0.25, 0.3) is 0 Å². The van der Waals surface area contributed by atoms with Gasteiger partial charge < -0.3 is 17.7 Å². The molecule has 0 amide bonds. The van der Waals surface area contributed by atoms with Gasteiger partial charge in [-0.3, -0.25) is 0 Å². The van der Waals surface area contributed by atoms with Gasteiger partial charge in [-0.05, 0) is 134 Å². The van der Waals surface area contributed by atoms with Crippen LogP contribution in [0.4, 0.5) is 0 Å². The van der Waals surface area contributed by atoms with Gasteiger partial charge in [0.2, 0.25) is 0 Å². The van der Waals surface area contributed by atoms with Gasteiger partial charge in [-0.2, -0.15) is 0 Å². The molecule has 6 rings (SSSR count). The maximum absolute atomic E-state index is 6.12. The predicted molar refractivity (Wildman–Crippen MR) is 127 cm³/mol. The number of benzene rings is 4. The topological polar surface area (TPSA) is 36.9 Å². The molecule has 0 aliphatic carbocycles. The van der Waals surface area contributed by atoms with E-state index in [1.807, 2.05) is 48.5 Å². The summed E-state index contributed by atoms with van der Waals surface area (Å²) in [4.78, 5) is 0. The molecule has 29 heavy (non-hydrogen) atoms. The Morgan fingerprint density at radius 3 is 0.897 bits per heavy atom. The molecule has 4 aromatic rings. The standard InChI is InChI=1S/C20H8Br4O4Si/c21-13-1-9-5-17-18(6-10(9)2-14(13)22)26-29(25-17)27-19-7-11-3-15(23)16(24)4-12(11)8-20(19)28-29/h1-8H. The van der Waals surface area contributed by atoms with Crippen LogP contribution in [0.5, 0.6) is 23.0 Å². The Balaban J connectivity index is 1.40. The van der Waals surface area contributed by atoms with Gasteiger partial charge >= 0.3 is 9.05 Å². The van der Waals surface area contributed by atoms with E-state index in [1.54, 1.807) is 0 Å². The number of rotatable bonds is 0. The average molecular weight is 660 g/mol. The lowest BCUT2D eigenvalue weighted by atomic mass is 10.1. The molecule has 0 saturated carbocycles. The van der Waals surface area contributed by atoms with Crippen LogP contribution in [-0.2, 0) is 0 Å². The van der Waals surface area contributed by atoms with E-state index < -0.39 is 9.05 Å². The third-order valence-electron chi connectivity index (χ3n) is 4.82. The monoisotopic (exact) mass is 656 g/mol. The van der Waals surface area contributed by atoms with Crippen LogP contribution in [-0.4, -0.2) is 9.05 Å². The minimum absolute atomic E-state index is 0.626. The summed E-state index contributed by atoms with van der Waals surface area (Å²) in [7, 11) is -3.38. The van der Waals surface area contributed by atoms with Gasteiger partial charge in [0, 0.05) is 17.9 Å². The van der Waals surface area contributed by atoms with E-state index in [4.69, 9.17) is 17.7 Å². The second kappa shape index (κ2) is 6.37. The molecule has 4 nitrogen and oxygen atoms in total. The van der Waals surface area contributed by atoms with Crippen LogP contribution < -0.4 is 17.7 Å². The van der Waals surface area contributed by atoms with Crippen molar-refractivity contribution >= 4 is 94.3 Å². The predicted octanol–water partition coefficient (Wildman–Crippen LogP) is 7.72. The lowest BCUT2D eigenvalue weighted by Crippen LogP contribution is -2.54. The average Bonchev–Trinajstić information content (AvgIpc) is 3.17. The SMILES string of the molecule is Brc1cc2cc3c(cc2cc1Br)O[Si]1(O3)Oc2cc3cc(Br)c(Br)cc3cc2O1. The van der Waals surface area contributed by atoms with Crippen molar-refractivity contribution in [3.63, 3.8) is 0 Å². The molecule has 0 unspecified atom stereocenters. The lowest BCUT2D eigenvalue weighted by Gasteiger charge is -2.11. The van der Waals surface area contributed by atoms with Crippen molar-refractivity contribution in [2.75, 3.05) is 0 Å². The zero-order valence-electron chi connectivity index (χ0n) is 14.3. The van der Waals surface area contributed by atoms with Crippen LogP contribution >= 0.6 is 63.7 Å². The molecule has 0 fully saturated rings. The molecule has 2 aliphatic rings. The molecule has 0 bridgehead atoms. The van der Waals surface area contributed by atoms with E-state index in [0.717, 1.165) is 39.4 Å². The molecule has 9 heteroatoms. The van der Waals surface area contributed by atoms with E-state index in [2.05, 4.69) is 63.7 Å². The highest BCUT2D eigenvalue weighted by atomic mass is 79.9. The van der Waals surface area contributed by atoms with Gasteiger partial charge in [0.05, 0.1) is 0 Å². The summed E-state index contributed by atoms with van der Waals surface area (Å²) in [5, 5.41) is 4.13. The fourth-order valence-corrected chi connectivity index (χ4v) is 6.90. The number of hydrogen-bond acceptors (Lipinski definition) is 4. The fraction of sp³-hybridized carbons (Fsp3) is 0. The van der Waals surface area contributed by atoms with Crippen LogP contribution in [0.1, 0.15) is 0 Å². The first-order valence-electron chi connectivity index (χ1n) is 8.51. The van der Waals surface area contributed by atoms with Crippen LogP contribution in [0.25, 0.3) is 21.5 Å². The molecular weight excluding hydrogens is 652 g/mol. The molecule has 0 saturated heterocycles. The fourth-order valence-electron chi connectivity index (χ4n) is 3.49. The molecule has 0 atom stereocenters. The third-order valence-corrected chi connectivity index (χ3v) is 10.4. The lowest BCUT2D eigenvalue weighted by molar-refractivity contribution is 0.224. The Hall–Kier alpha value is -1.26. The van der Waals surface area contributed by atoms with E-state index in [9.17, 15) is 0 Å². The molecule has 2 aliphatic heterocycles. The summed E-state index contributed by atoms with van der Waals surface area (Å²) in [6.45, 7) is 0. The Bertz CT molecular complexity index is 1160. The van der Waals surface area contributed by atoms with Crippen LogP contribution in [0, 0.1) is 0 Å². The second-order valence-corrected chi connectivity index (χ2v) is 12.0. The van der Waals surface area contributed by atoms with Crippen molar-refractivity contribution in [2.45, 2.75) is 0 Å². The maximum Gasteiger partial charge on any atom is 0.967 e. The second-order valence-electron chi connectivity index (χ2n) is 6.73. The first-order valence-corrected chi connectivity index (χ1v) is 13.3. The molecular formula is C20H8Br4O4Si. The van der Waals surface area contributed by atoms with Gasteiger partial charge in [-0.1, -0.05) is 0 Å². The smallest absolute Gasteiger partial charge is 0.448 e. The summed E-state index contributed by atoms with van der Waals surface area (Å²) < 4.78 is 28.4. The number of halogens is 4. The molecule has 1 spiro atoms. The minimum atomic E-state index is -3.38. The Morgan fingerprint density at radius 2 is 0.655 bits per heavy atom. The minimum Gasteiger partial charge on any atom is -0.448 e. The zero-order valence-corrected chi connectivity index (χ0v) is 21.6. The van der Waals surface area contributed by atoms with E-state index in [-0.39, 0.29) is 0 Å². The number of fused-ring (bicyclic) bond motifs is 4. The Kier molecular flexibility index (Phi) is 4.06. The molecule has 4 aromatic carbocycles. The van der Waals surface area contributed by atoms with Crippen LogP contribution in [0.2, 0.25) is 0 Å². The Morgan fingerprint density at radius 1 is 0.414 bits per heavy atom. The summed E-state index contributed by atoms with van der Waals surface area (Å²) in [5.74, 6) is 2.50. The van der Waals surface area contributed by atoms with E-state index in [1.165, 1.54) is 0 Å². The van der Waals surface area contributed by atoms with Gasteiger partial charge in [-0.15, -0.1) is 0 Å². The van der Waals surface area contributed by atoms with Crippen molar-refractivity contribution in [2.24, 2.45) is 0 Å². The normalized spacial score (nSPS) is 15.6. The van der Waals surface area contributed by atoms with Crippen molar-refractivity contribution in [1.82, 2.24) is 0 Å². The molecule has 2 heterocycles. The quantitative estimate of drug-likeness (QED) is 0.181. The summed E-state index contributed by atoms with van der Waals surface area (Å²) in [6.07, 6.45) is 0. The molecule has 0 radical (unpaired) electrons. The third kappa shape index (κ3) is 2.93. The van der Waals surface area contributed by atoms with Gasteiger partial charge in [0.15, 0.2) is 23.0 Å². The van der Waals surface area contributed by atoms with Crippen molar-refractivity contribution < 1.29 is 17.7 Å². The number of hydrogen-bond donors (Lipinski definition) is 0. The van der Waals surface area contributed by atoms with E-state index in [0.29, 0.717) is 23.0 Å². The van der Waals surface area contributed by atoms with Crippen molar-refractivity contribution in [1.29, 1.82) is 0 Å². The summed E-state index contributed by atoms with van der Waals surface area (Å²) in [5.41, 5.74) is 0. The van der Waals surface area contributed by atoms with Crippen molar-refractivity contribution in [3.05, 3.63) is 66.4 Å². The van der Waals surface area contributed by atoms with Crippen LogP contribution in [0.15, 0.2) is 66.4 Å². The first kappa shape index (κ1) is 18.5. The zero-order chi connectivity index (χ0) is 19.9.